The Balaban J connectivity index is 3.22. The molecule has 0 aromatic heterocycles. The fraction of sp³-hybridized carbons (Fsp3) is 1.00. The molecule has 194 valence electrons. The standard InChI is InChI=1S/C32H66/c1-5-7-9-11-13-14-16-20-24-28-32(4)30-26-22-18-15-17-21-25-29-31(3)27-23-19-12-10-8-6-2/h31-32H,5-30H2,1-4H3. The van der Waals surface area contributed by atoms with Crippen LogP contribution in [0.2, 0.25) is 0 Å². The third-order valence-corrected chi connectivity index (χ3v) is 7.74. The van der Waals surface area contributed by atoms with Gasteiger partial charge in [-0.25, -0.2) is 0 Å². The molecule has 0 spiro atoms. The lowest BCUT2D eigenvalue weighted by Crippen LogP contribution is -1.96. The van der Waals surface area contributed by atoms with Gasteiger partial charge in [0.2, 0.25) is 0 Å². The molecule has 0 heteroatoms. The molecule has 0 aromatic rings. The predicted octanol–water partition coefficient (Wildman–Crippen LogP) is 12.4. The van der Waals surface area contributed by atoms with Crippen LogP contribution in [0, 0.1) is 11.8 Å². The van der Waals surface area contributed by atoms with Crippen molar-refractivity contribution in [3.05, 3.63) is 0 Å². The molecule has 0 aromatic carbocycles. The molecule has 0 rings (SSSR count). The van der Waals surface area contributed by atoms with Gasteiger partial charge in [0.25, 0.3) is 0 Å². The summed E-state index contributed by atoms with van der Waals surface area (Å²) in [6.07, 6.45) is 38.1. The Kier molecular flexibility index (Phi) is 27.2. The molecule has 0 aliphatic carbocycles. The molecule has 0 nitrogen and oxygen atoms in total. The smallest absolute Gasteiger partial charge is 0.0443 e. The highest BCUT2D eigenvalue weighted by atomic mass is 14.1. The third kappa shape index (κ3) is 26.3. The summed E-state index contributed by atoms with van der Waals surface area (Å²) in [6.45, 7) is 9.60. The van der Waals surface area contributed by atoms with Crippen LogP contribution >= 0.6 is 0 Å². The first-order valence-electron chi connectivity index (χ1n) is 15.7. The van der Waals surface area contributed by atoms with Crippen LogP contribution in [-0.2, 0) is 0 Å². The van der Waals surface area contributed by atoms with Crippen molar-refractivity contribution in [1.82, 2.24) is 0 Å². The van der Waals surface area contributed by atoms with E-state index in [4.69, 9.17) is 0 Å². The van der Waals surface area contributed by atoms with Crippen molar-refractivity contribution in [2.24, 2.45) is 11.8 Å². The number of hydrogen-bond acceptors (Lipinski definition) is 0. The van der Waals surface area contributed by atoms with E-state index < -0.39 is 0 Å². The van der Waals surface area contributed by atoms with Gasteiger partial charge in [-0.2, -0.15) is 0 Å². The molecular formula is C32H66. The van der Waals surface area contributed by atoms with E-state index in [2.05, 4.69) is 27.7 Å². The third-order valence-electron chi connectivity index (χ3n) is 7.74. The lowest BCUT2D eigenvalue weighted by molar-refractivity contribution is 0.422. The summed E-state index contributed by atoms with van der Waals surface area (Å²) in [4.78, 5) is 0. The minimum Gasteiger partial charge on any atom is -0.0654 e. The van der Waals surface area contributed by atoms with Crippen molar-refractivity contribution in [1.29, 1.82) is 0 Å². The van der Waals surface area contributed by atoms with Crippen molar-refractivity contribution < 1.29 is 0 Å². The van der Waals surface area contributed by atoms with Gasteiger partial charge < -0.3 is 0 Å². The largest absolute Gasteiger partial charge is 0.0654 e. The highest BCUT2D eigenvalue weighted by Gasteiger charge is 2.04. The molecule has 2 atom stereocenters. The molecule has 0 aliphatic rings. The second-order valence-corrected chi connectivity index (χ2v) is 11.4. The van der Waals surface area contributed by atoms with Crippen LogP contribution in [0.5, 0.6) is 0 Å². The normalized spacial score (nSPS) is 13.5. The molecule has 0 bridgehead atoms. The summed E-state index contributed by atoms with van der Waals surface area (Å²) in [5.41, 5.74) is 0. The highest BCUT2D eigenvalue weighted by Crippen LogP contribution is 2.20. The fourth-order valence-corrected chi connectivity index (χ4v) is 5.23. The van der Waals surface area contributed by atoms with Crippen LogP contribution < -0.4 is 0 Å². The molecule has 0 heterocycles. The Hall–Kier alpha value is 0. The fourth-order valence-electron chi connectivity index (χ4n) is 5.23. The summed E-state index contributed by atoms with van der Waals surface area (Å²) in [5.74, 6) is 1.93. The average Bonchev–Trinajstić information content (AvgIpc) is 2.79. The van der Waals surface area contributed by atoms with Crippen LogP contribution in [-0.4, -0.2) is 0 Å². The first kappa shape index (κ1) is 32.0. The minimum atomic E-state index is 0.965. The SMILES string of the molecule is CCCCCCCCCCCC(C)CCCCCCCCCC(C)CCCCCCCC. The molecule has 0 radical (unpaired) electrons. The molecule has 0 saturated heterocycles. The van der Waals surface area contributed by atoms with E-state index in [9.17, 15) is 0 Å². The molecule has 0 fully saturated rings. The zero-order valence-electron chi connectivity index (χ0n) is 23.5. The van der Waals surface area contributed by atoms with Crippen LogP contribution in [0.3, 0.4) is 0 Å². The summed E-state index contributed by atoms with van der Waals surface area (Å²) in [5, 5.41) is 0. The van der Waals surface area contributed by atoms with Gasteiger partial charge in [0.15, 0.2) is 0 Å². The quantitative estimate of drug-likeness (QED) is 0.109. The van der Waals surface area contributed by atoms with Crippen LogP contribution in [0.25, 0.3) is 0 Å². The maximum absolute atomic E-state index is 2.50. The summed E-state index contributed by atoms with van der Waals surface area (Å²) in [7, 11) is 0. The van der Waals surface area contributed by atoms with Crippen LogP contribution in [0.4, 0.5) is 0 Å². The van der Waals surface area contributed by atoms with Crippen molar-refractivity contribution in [3.8, 4) is 0 Å². The van der Waals surface area contributed by atoms with Crippen LogP contribution in [0.1, 0.15) is 195 Å². The average molecular weight is 451 g/mol. The minimum absolute atomic E-state index is 0.965. The van der Waals surface area contributed by atoms with Gasteiger partial charge in [0.05, 0.1) is 0 Å². The van der Waals surface area contributed by atoms with Gasteiger partial charge in [-0.3, -0.25) is 0 Å². The molecule has 0 aliphatic heterocycles. The van der Waals surface area contributed by atoms with Gasteiger partial charge >= 0.3 is 0 Å². The van der Waals surface area contributed by atoms with E-state index in [0.29, 0.717) is 0 Å². The Morgan fingerprint density at radius 3 is 0.688 bits per heavy atom. The van der Waals surface area contributed by atoms with Gasteiger partial charge in [0.1, 0.15) is 0 Å². The second-order valence-electron chi connectivity index (χ2n) is 11.4. The highest BCUT2D eigenvalue weighted by molar-refractivity contribution is 4.58. The van der Waals surface area contributed by atoms with Gasteiger partial charge in [-0.1, -0.05) is 195 Å². The Labute approximate surface area is 206 Å². The lowest BCUT2D eigenvalue weighted by atomic mass is 9.95. The maximum Gasteiger partial charge on any atom is -0.0443 e. The van der Waals surface area contributed by atoms with Crippen LogP contribution in [0.15, 0.2) is 0 Å². The maximum atomic E-state index is 2.50. The number of rotatable bonds is 27. The first-order chi connectivity index (χ1) is 15.7. The van der Waals surface area contributed by atoms with Crippen molar-refractivity contribution in [2.75, 3.05) is 0 Å². The Bertz CT molecular complexity index is 320. The Morgan fingerprint density at radius 2 is 0.469 bits per heavy atom. The molecule has 0 N–H and O–H groups in total. The van der Waals surface area contributed by atoms with Crippen molar-refractivity contribution >= 4 is 0 Å². The lowest BCUT2D eigenvalue weighted by Gasteiger charge is -2.12. The second kappa shape index (κ2) is 27.2. The van der Waals surface area contributed by atoms with E-state index in [-0.39, 0.29) is 0 Å². The van der Waals surface area contributed by atoms with Gasteiger partial charge in [-0.15, -0.1) is 0 Å². The van der Waals surface area contributed by atoms with E-state index in [1.165, 1.54) is 167 Å². The summed E-state index contributed by atoms with van der Waals surface area (Å²) in [6, 6.07) is 0. The first-order valence-corrected chi connectivity index (χ1v) is 15.7. The summed E-state index contributed by atoms with van der Waals surface area (Å²) >= 11 is 0. The molecular weight excluding hydrogens is 384 g/mol. The molecule has 2 unspecified atom stereocenters. The molecule has 0 saturated carbocycles. The number of hydrogen-bond donors (Lipinski definition) is 0. The summed E-state index contributed by atoms with van der Waals surface area (Å²) < 4.78 is 0. The van der Waals surface area contributed by atoms with E-state index in [1.54, 1.807) is 0 Å². The van der Waals surface area contributed by atoms with E-state index in [1.807, 2.05) is 0 Å². The Morgan fingerprint density at radius 1 is 0.281 bits per heavy atom. The van der Waals surface area contributed by atoms with Crippen molar-refractivity contribution in [3.63, 3.8) is 0 Å². The topological polar surface area (TPSA) is 0 Å². The van der Waals surface area contributed by atoms with E-state index >= 15 is 0 Å². The molecule has 0 amide bonds. The predicted molar refractivity (Wildman–Crippen MR) is 150 cm³/mol. The number of unbranched alkanes of at least 4 members (excludes halogenated alkanes) is 19. The van der Waals surface area contributed by atoms with Crippen molar-refractivity contribution in [2.45, 2.75) is 195 Å². The monoisotopic (exact) mass is 451 g/mol. The van der Waals surface area contributed by atoms with Gasteiger partial charge in [-0.05, 0) is 11.8 Å². The zero-order valence-corrected chi connectivity index (χ0v) is 23.5. The van der Waals surface area contributed by atoms with E-state index in [0.717, 1.165) is 11.8 Å². The van der Waals surface area contributed by atoms with Gasteiger partial charge in [0, 0.05) is 0 Å². The zero-order chi connectivity index (χ0) is 23.5. The molecule has 32 heavy (non-hydrogen) atoms.